The molecule has 0 N–H and O–H groups in total. The Labute approximate surface area is 117 Å². The molecule has 0 bridgehead atoms. The van der Waals surface area contributed by atoms with Gasteiger partial charge in [-0.25, -0.2) is 0 Å². The van der Waals surface area contributed by atoms with Crippen molar-refractivity contribution in [2.45, 2.75) is 0 Å². The summed E-state index contributed by atoms with van der Waals surface area (Å²) in [5.74, 6) is 1.37. The van der Waals surface area contributed by atoms with Gasteiger partial charge in [0.25, 0.3) is 0 Å². The van der Waals surface area contributed by atoms with Gasteiger partial charge in [0.05, 0.1) is 25.4 Å². The maximum atomic E-state index is 5.49. The number of ether oxygens (including phenoxy) is 2. The number of benzene rings is 1. The zero-order valence-electron chi connectivity index (χ0n) is 11.3. The van der Waals surface area contributed by atoms with Crippen molar-refractivity contribution in [2.24, 2.45) is 0 Å². The number of rotatable bonds is 3. The standard InChI is InChI=1S/C16H14N2O2/c1-19-14-7-3-5-12(16(14)20-2)15-11-6-4-9-17-13(11)8-10-18-15/h3-10H,1-2H3. The number of pyridine rings is 2. The second-order valence-corrected chi connectivity index (χ2v) is 4.27. The maximum Gasteiger partial charge on any atom is 0.170 e. The van der Waals surface area contributed by atoms with Crippen LogP contribution in [0.5, 0.6) is 11.5 Å². The second-order valence-electron chi connectivity index (χ2n) is 4.27. The highest BCUT2D eigenvalue weighted by Crippen LogP contribution is 2.38. The fourth-order valence-electron chi connectivity index (χ4n) is 2.29. The molecule has 0 saturated heterocycles. The van der Waals surface area contributed by atoms with E-state index in [9.17, 15) is 0 Å². The van der Waals surface area contributed by atoms with E-state index in [1.807, 2.05) is 36.4 Å². The molecule has 0 fully saturated rings. The van der Waals surface area contributed by atoms with E-state index < -0.39 is 0 Å². The Hall–Kier alpha value is -2.62. The Kier molecular flexibility index (Phi) is 3.21. The molecule has 0 atom stereocenters. The molecule has 0 radical (unpaired) electrons. The molecule has 4 heteroatoms. The highest BCUT2D eigenvalue weighted by molar-refractivity contribution is 5.94. The van der Waals surface area contributed by atoms with Gasteiger partial charge in [-0.05, 0) is 30.3 Å². The van der Waals surface area contributed by atoms with Crippen LogP contribution in [0.4, 0.5) is 0 Å². The maximum absolute atomic E-state index is 5.49. The summed E-state index contributed by atoms with van der Waals surface area (Å²) in [5.41, 5.74) is 2.64. The molecule has 0 amide bonds. The lowest BCUT2D eigenvalue weighted by Gasteiger charge is -2.13. The van der Waals surface area contributed by atoms with Crippen LogP contribution in [0.2, 0.25) is 0 Å². The Morgan fingerprint density at radius 1 is 0.850 bits per heavy atom. The van der Waals surface area contributed by atoms with Crippen LogP contribution < -0.4 is 9.47 Å². The van der Waals surface area contributed by atoms with Gasteiger partial charge in [-0.3, -0.25) is 9.97 Å². The first-order chi connectivity index (χ1) is 9.85. The third-order valence-electron chi connectivity index (χ3n) is 3.19. The van der Waals surface area contributed by atoms with Crippen molar-refractivity contribution in [3.8, 4) is 22.8 Å². The number of nitrogens with zero attached hydrogens (tertiary/aromatic N) is 2. The van der Waals surface area contributed by atoms with Crippen LogP contribution in [0.3, 0.4) is 0 Å². The Morgan fingerprint density at radius 3 is 2.55 bits per heavy atom. The molecule has 0 unspecified atom stereocenters. The lowest BCUT2D eigenvalue weighted by Crippen LogP contribution is -1.95. The lowest BCUT2D eigenvalue weighted by atomic mass is 10.1. The molecule has 0 aliphatic carbocycles. The van der Waals surface area contributed by atoms with E-state index in [2.05, 4.69) is 9.97 Å². The van der Waals surface area contributed by atoms with Crippen LogP contribution in [0.1, 0.15) is 0 Å². The van der Waals surface area contributed by atoms with Crippen LogP contribution in [0.15, 0.2) is 48.8 Å². The van der Waals surface area contributed by atoms with E-state index in [-0.39, 0.29) is 0 Å². The number of para-hydroxylation sites is 1. The molecule has 0 aliphatic rings. The number of fused-ring (bicyclic) bond motifs is 1. The van der Waals surface area contributed by atoms with Crippen molar-refractivity contribution >= 4 is 10.9 Å². The van der Waals surface area contributed by atoms with Gasteiger partial charge in [-0.2, -0.15) is 0 Å². The van der Waals surface area contributed by atoms with Crippen molar-refractivity contribution in [3.05, 3.63) is 48.8 Å². The predicted molar refractivity (Wildman–Crippen MR) is 78.1 cm³/mol. The van der Waals surface area contributed by atoms with Gasteiger partial charge in [0.2, 0.25) is 0 Å². The Morgan fingerprint density at radius 2 is 1.75 bits per heavy atom. The number of aromatic nitrogens is 2. The van der Waals surface area contributed by atoms with Crippen LogP contribution in [-0.4, -0.2) is 24.2 Å². The molecule has 2 aromatic heterocycles. The van der Waals surface area contributed by atoms with Gasteiger partial charge in [0.15, 0.2) is 11.5 Å². The van der Waals surface area contributed by atoms with Crippen LogP contribution >= 0.6 is 0 Å². The minimum atomic E-state index is 0.679. The monoisotopic (exact) mass is 266 g/mol. The molecule has 4 nitrogen and oxygen atoms in total. The SMILES string of the molecule is COc1cccc(-c2nccc3ncccc23)c1OC. The van der Waals surface area contributed by atoms with Crippen LogP contribution in [-0.2, 0) is 0 Å². The third-order valence-corrected chi connectivity index (χ3v) is 3.19. The Balaban J connectivity index is 2.31. The van der Waals surface area contributed by atoms with Gasteiger partial charge in [-0.15, -0.1) is 0 Å². The molecule has 2 heterocycles. The Bertz CT molecular complexity index is 751. The second kappa shape index (κ2) is 5.17. The fourth-order valence-corrected chi connectivity index (χ4v) is 2.29. The number of hydrogen-bond donors (Lipinski definition) is 0. The van der Waals surface area contributed by atoms with Crippen molar-refractivity contribution in [3.63, 3.8) is 0 Å². The van der Waals surface area contributed by atoms with E-state index in [0.29, 0.717) is 11.5 Å². The molecule has 1 aromatic carbocycles. The topological polar surface area (TPSA) is 44.2 Å². The molecule has 0 aliphatic heterocycles. The summed E-state index contributed by atoms with van der Waals surface area (Å²) in [4.78, 5) is 8.84. The number of methoxy groups -OCH3 is 2. The average Bonchev–Trinajstić information content (AvgIpc) is 2.53. The van der Waals surface area contributed by atoms with Crippen LogP contribution in [0.25, 0.3) is 22.2 Å². The number of hydrogen-bond acceptors (Lipinski definition) is 4. The van der Waals surface area contributed by atoms with Gasteiger partial charge in [-0.1, -0.05) is 6.07 Å². The predicted octanol–water partition coefficient (Wildman–Crippen LogP) is 3.31. The highest BCUT2D eigenvalue weighted by atomic mass is 16.5. The quantitative estimate of drug-likeness (QED) is 0.729. The summed E-state index contributed by atoms with van der Waals surface area (Å²) in [6.07, 6.45) is 3.53. The first-order valence-electron chi connectivity index (χ1n) is 6.26. The molecule has 3 aromatic rings. The summed E-state index contributed by atoms with van der Waals surface area (Å²) in [6, 6.07) is 11.6. The fraction of sp³-hybridized carbons (Fsp3) is 0.125. The lowest BCUT2D eigenvalue weighted by molar-refractivity contribution is 0.356. The minimum absolute atomic E-state index is 0.679. The van der Waals surface area contributed by atoms with E-state index in [4.69, 9.17) is 9.47 Å². The van der Waals surface area contributed by atoms with E-state index in [0.717, 1.165) is 22.2 Å². The molecule has 3 rings (SSSR count). The summed E-state index contributed by atoms with van der Waals surface area (Å²) in [6.45, 7) is 0. The van der Waals surface area contributed by atoms with Gasteiger partial charge < -0.3 is 9.47 Å². The van der Waals surface area contributed by atoms with E-state index >= 15 is 0 Å². The zero-order chi connectivity index (χ0) is 13.9. The van der Waals surface area contributed by atoms with E-state index in [1.165, 1.54) is 0 Å². The summed E-state index contributed by atoms with van der Waals surface area (Å²) in [5, 5.41) is 0.988. The van der Waals surface area contributed by atoms with Crippen molar-refractivity contribution in [1.82, 2.24) is 9.97 Å². The van der Waals surface area contributed by atoms with Crippen molar-refractivity contribution in [2.75, 3.05) is 14.2 Å². The smallest absolute Gasteiger partial charge is 0.170 e. The van der Waals surface area contributed by atoms with Crippen LogP contribution in [0, 0.1) is 0 Å². The van der Waals surface area contributed by atoms with Crippen molar-refractivity contribution in [1.29, 1.82) is 0 Å². The van der Waals surface area contributed by atoms with Crippen molar-refractivity contribution < 1.29 is 9.47 Å². The summed E-state index contributed by atoms with van der Waals surface area (Å²) in [7, 11) is 3.25. The van der Waals surface area contributed by atoms with E-state index in [1.54, 1.807) is 26.6 Å². The molecule has 100 valence electrons. The van der Waals surface area contributed by atoms with Gasteiger partial charge in [0, 0.05) is 23.3 Å². The molecule has 0 saturated carbocycles. The normalized spacial score (nSPS) is 10.5. The average molecular weight is 266 g/mol. The van der Waals surface area contributed by atoms with Gasteiger partial charge in [0.1, 0.15) is 0 Å². The zero-order valence-corrected chi connectivity index (χ0v) is 11.3. The molecule has 20 heavy (non-hydrogen) atoms. The molecule has 0 spiro atoms. The van der Waals surface area contributed by atoms with Gasteiger partial charge >= 0.3 is 0 Å². The highest BCUT2D eigenvalue weighted by Gasteiger charge is 2.14. The first kappa shape index (κ1) is 12.4. The first-order valence-corrected chi connectivity index (χ1v) is 6.26. The largest absolute Gasteiger partial charge is 0.493 e. The summed E-state index contributed by atoms with van der Waals surface area (Å²) < 4.78 is 10.8. The molecular formula is C16H14N2O2. The molecular weight excluding hydrogens is 252 g/mol. The minimum Gasteiger partial charge on any atom is -0.493 e. The third kappa shape index (κ3) is 1.95. The summed E-state index contributed by atoms with van der Waals surface area (Å²) >= 11 is 0.